The number of hydrogen-bond donors (Lipinski definition) is 3. The Morgan fingerprint density at radius 2 is 2.11 bits per heavy atom. The fourth-order valence-corrected chi connectivity index (χ4v) is 4.12. The fourth-order valence-electron chi connectivity index (χ4n) is 4.12. The van der Waals surface area contributed by atoms with Crippen molar-refractivity contribution in [1.82, 2.24) is 20.2 Å². The monoisotopic (exact) mass is 375 g/mol. The zero-order valence-corrected chi connectivity index (χ0v) is 16.6. The standard InChI is InChI=1S/C20H33N5O2/c1-21-17-11-16(23-19(24-17)15-7-6-10-22-13-15)14-25(2)18(26)12-20(27)8-4-3-5-9-20/h11,15,22,27H,3-10,12-14H2,1-2H3,(H,21,23,24)/t15-/m0/s1. The topological polar surface area (TPSA) is 90.4 Å². The molecule has 0 aromatic carbocycles. The Balaban J connectivity index is 1.67. The van der Waals surface area contributed by atoms with Crippen LogP contribution in [-0.2, 0) is 11.3 Å². The van der Waals surface area contributed by atoms with Crippen molar-refractivity contribution in [3.63, 3.8) is 0 Å². The molecule has 3 rings (SSSR count). The first-order valence-electron chi connectivity index (χ1n) is 10.2. The molecule has 7 heteroatoms. The third kappa shape index (κ3) is 5.39. The number of nitrogens with one attached hydrogen (secondary N) is 2. The van der Waals surface area contributed by atoms with E-state index in [0.717, 1.165) is 75.4 Å². The lowest BCUT2D eigenvalue weighted by Gasteiger charge is -2.32. The van der Waals surface area contributed by atoms with Crippen molar-refractivity contribution in [3.05, 3.63) is 17.6 Å². The van der Waals surface area contributed by atoms with E-state index in [-0.39, 0.29) is 12.3 Å². The maximum absolute atomic E-state index is 12.7. The van der Waals surface area contributed by atoms with Crippen molar-refractivity contribution in [2.45, 2.75) is 69.4 Å². The first-order chi connectivity index (χ1) is 13.0. The maximum Gasteiger partial charge on any atom is 0.225 e. The minimum Gasteiger partial charge on any atom is -0.389 e. The first-order valence-corrected chi connectivity index (χ1v) is 10.2. The molecule has 0 bridgehead atoms. The Hall–Kier alpha value is -1.73. The molecule has 0 radical (unpaired) electrons. The Kier molecular flexibility index (Phi) is 6.65. The smallest absolute Gasteiger partial charge is 0.225 e. The Labute approximate surface area is 162 Å². The number of carbonyl (C=O) groups is 1. The molecule has 1 aromatic rings. The average molecular weight is 376 g/mol. The van der Waals surface area contributed by atoms with Crippen LogP contribution in [0.4, 0.5) is 5.82 Å². The summed E-state index contributed by atoms with van der Waals surface area (Å²) in [6.45, 7) is 2.38. The minimum absolute atomic E-state index is 0.0232. The van der Waals surface area contributed by atoms with Crippen LogP contribution in [0.15, 0.2) is 6.07 Å². The summed E-state index contributed by atoms with van der Waals surface area (Å²) in [6.07, 6.45) is 7.02. The molecule has 2 heterocycles. The van der Waals surface area contributed by atoms with Crippen molar-refractivity contribution in [2.24, 2.45) is 0 Å². The quantitative estimate of drug-likeness (QED) is 0.705. The number of anilines is 1. The van der Waals surface area contributed by atoms with Gasteiger partial charge in [-0.2, -0.15) is 0 Å². The summed E-state index contributed by atoms with van der Waals surface area (Å²) in [7, 11) is 3.64. The Bertz CT molecular complexity index is 639. The van der Waals surface area contributed by atoms with E-state index in [0.29, 0.717) is 12.5 Å². The molecular formula is C20H33N5O2. The maximum atomic E-state index is 12.7. The largest absolute Gasteiger partial charge is 0.389 e. The molecule has 1 amide bonds. The number of nitrogens with zero attached hydrogens (tertiary/aromatic N) is 3. The van der Waals surface area contributed by atoms with Crippen LogP contribution in [0, 0.1) is 0 Å². The van der Waals surface area contributed by atoms with Crippen LogP contribution in [0.1, 0.15) is 68.8 Å². The zero-order valence-electron chi connectivity index (χ0n) is 16.6. The van der Waals surface area contributed by atoms with E-state index in [9.17, 15) is 9.90 Å². The number of rotatable bonds is 6. The number of amides is 1. The van der Waals surface area contributed by atoms with Gasteiger partial charge in [-0.25, -0.2) is 9.97 Å². The second-order valence-corrected chi connectivity index (χ2v) is 8.11. The van der Waals surface area contributed by atoms with Crippen LogP contribution < -0.4 is 10.6 Å². The van der Waals surface area contributed by atoms with Crippen molar-refractivity contribution in [3.8, 4) is 0 Å². The predicted octanol–water partition coefficient (Wildman–Crippen LogP) is 2.03. The average Bonchev–Trinajstić information content (AvgIpc) is 2.68. The van der Waals surface area contributed by atoms with Crippen LogP contribution in [-0.4, -0.2) is 58.7 Å². The molecule has 1 aliphatic carbocycles. The van der Waals surface area contributed by atoms with Crippen LogP contribution in [0.5, 0.6) is 0 Å². The van der Waals surface area contributed by atoms with Crippen molar-refractivity contribution < 1.29 is 9.90 Å². The molecule has 150 valence electrons. The van der Waals surface area contributed by atoms with E-state index in [2.05, 4.69) is 15.6 Å². The molecule has 2 fully saturated rings. The van der Waals surface area contributed by atoms with Gasteiger partial charge in [0.1, 0.15) is 11.6 Å². The van der Waals surface area contributed by atoms with Gasteiger partial charge in [0.15, 0.2) is 0 Å². The zero-order chi connectivity index (χ0) is 19.3. The van der Waals surface area contributed by atoms with Crippen LogP contribution in [0.2, 0.25) is 0 Å². The number of aromatic nitrogens is 2. The Morgan fingerprint density at radius 1 is 1.33 bits per heavy atom. The lowest BCUT2D eigenvalue weighted by atomic mass is 9.82. The molecule has 1 saturated carbocycles. The highest BCUT2D eigenvalue weighted by Crippen LogP contribution is 2.31. The van der Waals surface area contributed by atoms with Gasteiger partial charge in [-0.3, -0.25) is 4.79 Å². The molecule has 1 aromatic heterocycles. The lowest BCUT2D eigenvalue weighted by Crippen LogP contribution is -2.39. The van der Waals surface area contributed by atoms with Gasteiger partial charge < -0.3 is 20.6 Å². The number of piperidine rings is 1. The van der Waals surface area contributed by atoms with Gasteiger partial charge >= 0.3 is 0 Å². The number of aliphatic hydroxyl groups is 1. The minimum atomic E-state index is -0.829. The Morgan fingerprint density at radius 3 is 2.78 bits per heavy atom. The van der Waals surface area contributed by atoms with E-state index in [1.165, 1.54) is 0 Å². The third-order valence-corrected chi connectivity index (χ3v) is 5.80. The molecule has 2 aliphatic rings. The summed E-state index contributed by atoms with van der Waals surface area (Å²) < 4.78 is 0. The third-order valence-electron chi connectivity index (χ3n) is 5.80. The second kappa shape index (κ2) is 8.97. The summed E-state index contributed by atoms with van der Waals surface area (Å²) >= 11 is 0. The molecule has 3 N–H and O–H groups in total. The molecule has 0 spiro atoms. The van der Waals surface area contributed by atoms with Crippen LogP contribution in [0.25, 0.3) is 0 Å². The summed E-state index contributed by atoms with van der Waals surface area (Å²) in [6, 6.07) is 1.90. The van der Waals surface area contributed by atoms with Gasteiger partial charge in [-0.1, -0.05) is 19.3 Å². The number of carbonyl (C=O) groups excluding carboxylic acids is 1. The normalized spacial score (nSPS) is 22.3. The van der Waals surface area contributed by atoms with Crippen LogP contribution in [0.3, 0.4) is 0 Å². The van der Waals surface area contributed by atoms with E-state index in [1.54, 1.807) is 11.9 Å². The van der Waals surface area contributed by atoms with Gasteiger partial charge in [-0.05, 0) is 32.2 Å². The first kappa shape index (κ1) is 20.0. The van der Waals surface area contributed by atoms with E-state index >= 15 is 0 Å². The molecule has 27 heavy (non-hydrogen) atoms. The summed E-state index contributed by atoms with van der Waals surface area (Å²) in [5.74, 6) is 1.92. The highest BCUT2D eigenvalue weighted by Gasteiger charge is 2.32. The van der Waals surface area contributed by atoms with Gasteiger partial charge in [0.2, 0.25) is 5.91 Å². The highest BCUT2D eigenvalue weighted by atomic mass is 16.3. The van der Waals surface area contributed by atoms with Gasteiger partial charge in [0.25, 0.3) is 0 Å². The predicted molar refractivity (Wildman–Crippen MR) is 106 cm³/mol. The summed E-state index contributed by atoms with van der Waals surface area (Å²) in [5.41, 5.74) is 0.00560. The van der Waals surface area contributed by atoms with Crippen LogP contribution >= 0.6 is 0 Å². The second-order valence-electron chi connectivity index (χ2n) is 8.11. The SMILES string of the molecule is CNc1cc(CN(C)C(=O)CC2(O)CCCCC2)nc([C@H]2CCCNC2)n1. The van der Waals surface area contributed by atoms with E-state index in [1.807, 2.05) is 13.1 Å². The highest BCUT2D eigenvalue weighted by molar-refractivity contribution is 5.77. The summed E-state index contributed by atoms with van der Waals surface area (Å²) in [5, 5.41) is 17.2. The number of hydrogen-bond acceptors (Lipinski definition) is 6. The van der Waals surface area contributed by atoms with E-state index < -0.39 is 5.60 Å². The van der Waals surface area contributed by atoms with Crippen molar-refractivity contribution in [2.75, 3.05) is 32.5 Å². The van der Waals surface area contributed by atoms with Crippen molar-refractivity contribution >= 4 is 11.7 Å². The van der Waals surface area contributed by atoms with Gasteiger partial charge in [0, 0.05) is 32.6 Å². The van der Waals surface area contributed by atoms with Gasteiger partial charge in [-0.15, -0.1) is 0 Å². The van der Waals surface area contributed by atoms with Crippen molar-refractivity contribution in [1.29, 1.82) is 0 Å². The van der Waals surface area contributed by atoms with Gasteiger partial charge in [0.05, 0.1) is 24.3 Å². The summed E-state index contributed by atoms with van der Waals surface area (Å²) in [4.78, 5) is 23.7. The molecule has 7 nitrogen and oxygen atoms in total. The molecule has 1 saturated heterocycles. The molecule has 0 unspecified atom stereocenters. The molecular weight excluding hydrogens is 342 g/mol. The van der Waals surface area contributed by atoms with E-state index in [4.69, 9.17) is 4.98 Å². The fraction of sp³-hybridized carbons (Fsp3) is 0.750. The molecule has 1 aliphatic heterocycles. The lowest BCUT2D eigenvalue weighted by molar-refractivity contribution is -0.137. The molecule has 1 atom stereocenters.